The highest BCUT2D eigenvalue weighted by Crippen LogP contribution is 2.29. The Bertz CT molecular complexity index is 1040. The number of nitrogens with zero attached hydrogens (tertiary/aromatic N) is 4. The number of para-hydroxylation sites is 1. The molecule has 3 aromatic rings. The molecule has 0 bridgehead atoms. The second-order valence-corrected chi connectivity index (χ2v) is 7.96. The predicted molar refractivity (Wildman–Crippen MR) is 125 cm³/mol. The fourth-order valence-electron chi connectivity index (χ4n) is 3.72. The highest BCUT2D eigenvalue weighted by molar-refractivity contribution is 5.77. The maximum absolute atomic E-state index is 5.83. The molecular weight excluding hydrogens is 386 g/mol. The quantitative estimate of drug-likeness (QED) is 0.616. The molecule has 1 aliphatic heterocycles. The van der Waals surface area contributed by atoms with Gasteiger partial charge in [0.1, 0.15) is 5.69 Å². The highest BCUT2D eigenvalue weighted by atomic mass is 16.5. The second kappa shape index (κ2) is 10.1. The topological polar surface area (TPSA) is 55.2 Å². The van der Waals surface area contributed by atoms with Crippen molar-refractivity contribution in [3.05, 3.63) is 60.3 Å². The summed E-state index contributed by atoms with van der Waals surface area (Å²) in [4.78, 5) is 2.09. The minimum Gasteiger partial charge on any atom is -0.377 e. The van der Waals surface area contributed by atoms with E-state index in [4.69, 9.17) is 4.74 Å². The van der Waals surface area contributed by atoms with Crippen LogP contribution in [0.4, 0.5) is 11.4 Å². The van der Waals surface area contributed by atoms with Crippen LogP contribution in [-0.4, -0.2) is 48.3 Å². The minimum absolute atomic E-state index is 0.235. The van der Waals surface area contributed by atoms with E-state index in [1.807, 2.05) is 61.4 Å². The third-order valence-corrected chi connectivity index (χ3v) is 5.35. The molecule has 6 nitrogen and oxygen atoms in total. The van der Waals surface area contributed by atoms with Crippen LogP contribution in [0.2, 0.25) is 0 Å². The van der Waals surface area contributed by atoms with Crippen molar-refractivity contribution >= 4 is 11.4 Å². The Morgan fingerprint density at radius 1 is 1.16 bits per heavy atom. The predicted octanol–water partition coefficient (Wildman–Crippen LogP) is 4.04. The zero-order valence-electron chi connectivity index (χ0n) is 18.2. The van der Waals surface area contributed by atoms with Crippen LogP contribution >= 0.6 is 0 Å². The number of anilines is 2. The van der Waals surface area contributed by atoms with Gasteiger partial charge in [0.15, 0.2) is 0 Å². The van der Waals surface area contributed by atoms with Gasteiger partial charge in [-0.25, -0.2) is 4.68 Å². The van der Waals surface area contributed by atoms with Crippen molar-refractivity contribution in [2.45, 2.75) is 31.9 Å². The Hall–Kier alpha value is -3.30. The van der Waals surface area contributed by atoms with Crippen molar-refractivity contribution in [2.75, 3.05) is 37.5 Å². The summed E-state index contributed by atoms with van der Waals surface area (Å²) in [6.45, 7) is 2.20. The molecule has 0 radical (unpaired) electrons. The number of hydrogen-bond donors (Lipinski definition) is 1. The summed E-state index contributed by atoms with van der Waals surface area (Å²) in [5, 5.41) is 12.1. The first kappa shape index (κ1) is 21.0. The molecule has 1 atom stereocenters. The number of rotatable bonds is 6. The molecule has 0 aliphatic carbocycles. The van der Waals surface area contributed by atoms with Crippen LogP contribution in [0.5, 0.6) is 0 Å². The Kier molecular flexibility index (Phi) is 6.85. The van der Waals surface area contributed by atoms with E-state index < -0.39 is 0 Å². The molecule has 1 fully saturated rings. The zero-order valence-corrected chi connectivity index (χ0v) is 18.2. The first-order valence-corrected chi connectivity index (χ1v) is 10.8. The average molecular weight is 416 g/mol. The van der Waals surface area contributed by atoms with Gasteiger partial charge < -0.3 is 15.0 Å². The molecule has 1 aliphatic rings. The van der Waals surface area contributed by atoms with E-state index in [1.54, 1.807) is 0 Å². The van der Waals surface area contributed by atoms with Crippen LogP contribution < -0.4 is 10.2 Å². The van der Waals surface area contributed by atoms with Crippen LogP contribution in [-0.2, 0) is 11.3 Å². The van der Waals surface area contributed by atoms with Crippen LogP contribution in [0, 0.1) is 11.8 Å². The Labute approximate surface area is 184 Å². The first-order valence-electron chi connectivity index (χ1n) is 10.8. The van der Waals surface area contributed by atoms with Crippen molar-refractivity contribution in [1.29, 1.82) is 0 Å². The van der Waals surface area contributed by atoms with Crippen LogP contribution in [0.25, 0.3) is 11.3 Å². The van der Waals surface area contributed by atoms with Gasteiger partial charge in [0.25, 0.3) is 0 Å². The smallest absolute Gasteiger partial charge is 0.115 e. The van der Waals surface area contributed by atoms with Crippen molar-refractivity contribution in [3.63, 3.8) is 0 Å². The van der Waals surface area contributed by atoms with Crippen molar-refractivity contribution in [3.8, 4) is 23.1 Å². The summed E-state index contributed by atoms with van der Waals surface area (Å²) in [5.41, 5.74) is 5.04. The second-order valence-electron chi connectivity index (χ2n) is 7.96. The standard InChI is InChI=1S/C25H29N5O/c1-29(2)25-17-20(9-8-15-26-21-10-4-3-5-11-21)13-14-23(25)24-19-30(28-27-24)18-22-12-6-7-16-31-22/h3-5,10-11,13-14,17,19,22,26H,6-7,12,15-16,18H2,1-2H3/t22-/m1/s1. The first-order chi connectivity index (χ1) is 15.2. The molecule has 0 spiro atoms. The zero-order chi connectivity index (χ0) is 21.5. The summed E-state index contributed by atoms with van der Waals surface area (Å²) >= 11 is 0. The lowest BCUT2D eigenvalue weighted by Crippen LogP contribution is -2.24. The summed E-state index contributed by atoms with van der Waals surface area (Å²) in [7, 11) is 4.07. The normalized spacial score (nSPS) is 15.7. The molecule has 0 unspecified atom stereocenters. The molecule has 1 aromatic heterocycles. The fraction of sp³-hybridized carbons (Fsp3) is 0.360. The van der Waals surface area contributed by atoms with Crippen molar-refractivity contribution in [2.24, 2.45) is 0 Å². The van der Waals surface area contributed by atoms with Crippen molar-refractivity contribution in [1.82, 2.24) is 15.0 Å². The number of ether oxygens (including phenoxy) is 1. The third kappa shape index (κ3) is 5.65. The molecule has 31 heavy (non-hydrogen) atoms. The summed E-state index contributed by atoms with van der Waals surface area (Å²) in [5.74, 6) is 6.45. The van der Waals surface area contributed by atoms with Gasteiger partial charge >= 0.3 is 0 Å². The van der Waals surface area contributed by atoms with E-state index in [9.17, 15) is 0 Å². The number of benzene rings is 2. The molecule has 6 heteroatoms. The Balaban J connectivity index is 1.46. The summed E-state index contributed by atoms with van der Waals surface area (Å²) in [6, 6.07) is 16.3. The maximum Gasteiger partial charge on any atom is 0.115 e. The van der Waals surface area contributed by atoms with E-state index in [0.29, 0.717) is 6.54 Å². The lowest BCUT2D eigenvalue weighted by Gasteiger charge is -2.21. The average Bonchev–Trinajstić information content (AvgIpc) is 3.26. The van der Waals surface area contributed by atoms with Crippen LogP contribution in [0.3, 0.4) is 0 Å². The minimum atomic E-state index is 0.235. The monoisotopic (exact) mass is 415 g/mol. The van der Waals surface area contributed by atoms with E-state index in [1.165, 1.54) is 6.42 Å². The van der Waals surface area contributed by atoms with E-state index >= 15 is 0 Å². The van der Waals surface area contributed by atoms with E-state index in [-0.39, 0.29) is 6.10 Å². The molecule has 1 saturated heterocycles. The van der Waals surface area contributed by atoms with Gasteiger partial charge in [-0.05, 0) is 49.6 Å². The molecule has 1 N–H and O–H groups in total. The molecular formula is C25H29N5O. The van der Waals surface area contributed by atoms with Gasteiger partial charge in [0.05, 0.1) is 25.4 Å². The molecule has 0 amide bonds. The summed E-state index contributed by atoms with van der Waals surface area (Å²) in [6.07, 6.45) is 5.71. The number of hydrogen-bond acceptors (Lipinski definition) is 5. The van der Waals surface area contributed by atoms with Gasteiger partial charge in [0, 0.05) is 43.2 Å². The van der Waals surface area contributed by atoms with Gasteiger partial charge in [-0.3, -0.25) is 0 Å². The Morgan fingerprint density at radius 3 is 2.81 bits per heavy atom. The van der Waals surface area contributed by atoms with Crippen LogP contribution in [0.15, 0.2) is 54.7 Å². The lowest BCUT2D eigenvalue weighted by molar-refractivity contribution is 0.00370. The van der Waals surface area contributed by atoms with Gasteiger partial charge in [-0.2, -0.15) is 0 Å². The van der Waals surface area contributed by atoms with Gasteiger partial charge in [-0.1, -0.05) is 35.3 Å². The third-order valence-electron chi connectivity index (χ3n) is 5.35. The van der Waals surface area contributed by atoms with Crippen LogP contribution in [0.1, 0.15) is 24.8 Å². The molecule has 2 heterocycles. The number of aromatic nitrogens is 3. The van der Waals surface area contributed by atoms with Gasteiger partial charge in [-0.15, -0.1) is 5.10 Å². The fourth-order valence-corrected chi connectivity index (χ4v) is 3.72. The Morgan fingerprint density at radius 2 is 2.03 bits per heavy atom. The maximum atomic E-state index is 5.83. The highest BCUT2D eigenvalue weighted by Gasteiger charge is 2.17. The summed E-state index contributed by atoms with van der Waals surface area (Å²) < 4.78 is 7.73. The SMILES string of the molecule is CN(C)c1cc(C#CCNc2ccccc2)ccc1-c1cn(C[C@H]2CCCCO2)nn1. The van der Waals surface area contributed by atoms with E-state index in [2.05, 4.69) is 44.5 Å². The van der Waals surface area contributed by atoms with Crippen molar-refractivity contribution < 1.29 is 4.74 Å². The largest absolute Gasteiger partial charge is 0.377 e. The molecule has 2 aromatic carbocycles. The molecule has 0 saturated carbocycles. The number of nitrogens with one attached hydrogen (secondary N) is 1. The van der Waals surface area contributed by atoms with Gasteiger partial charge in [0.2, 0.25) is 0 Å². The lowest BCUT2D eigenvalue weighted by atomic mass is 10.1. The molecule has 160 valence electrons. The molecule has 4 rings (SSSR count). The van der Waals surface area contributed by atoms with E-state index in [0.717, 1.165) is 54.2 Å².